The molecule has 1 heterocycles. The molecule has 0 N–H and O–H groups in total. The quantitative estimate of drug-likeness (QED) is 0.802. The van der Waals surface area contributed by atoms with E-state index in [1.807, 2.05) is 12.1 Å². The lowest BCUT2D eigenvalue weighted by Gasteiger charge is -2.36. The van der Waals surface area contributed by atoms with Crippen LogP contribution in [0.15, 0.2) is 24.3 Å². The number of benzene rings is 1. The van der Waals surface area contributed by atoms with Gasteiger partial charge in [-0.05, 0) is 31.5 Å². The normalized spacial score (nSPS) is 25.8. The van der Waals surface area contributed by atoms with E-state index >= 15 is 0 Å². The SMILES string of the molecule is COc1cccc(CN2C[C@H](C)OC[C@H]2C)c1. The van der Waals surface area contributed by atoms with Crippen molar-refractivity contribution in [1.82, 2.24) is 4.90 Å². The first-order chi connectivity index (χ1) is 8.19. The van der Waals surface area contributed by atoms with E-state index in [1.165, 1.54) is 5.56 Å². The highest BCUT2D eigenvalue weighted by atomic mass is 16.5. The molecule has 0 radical (unpaired) electrons. The van der Waals surface area contributed by atoms with Crippen LogP contribution in [0.4, 0.5) is 0 Å². The second-order valence-corrected chi connectivity index (χ2v) is 4.77. The van der Waals surface area contributed by atoms with Crippen LogP contribution in [-0.2, 0) is 11.3 Å². The Morgan fingerprint density at radius 1 is 1.41 bits per heavy atom. The second kappa shape index (κ2) is 5.52. The Morgan fingerprint density at radius 3 is 3.00 bits per heavy atom. The number of hydrogen-bond donors (Lipinski definition) is 0. The Morgan fingerprint density at radius 2 is 2.24 bits per heavy atom. The highest BCUT2D eigenvalue weighted by molar-refractivity contribution is 5.28. The van der Waals surface area contributed by atoms with Crippen LogP contribution in [0, 0.1) is 0 Å². The number of ether oxygens (including phenoxy) is 2. The van der Waals surface area contributed by atoms with Crippen molar-refractivity contribution in [3.05, 3.63) is 29.8 Å². The molecule has 1 aliphatic rings. The third-order valence-corrected chi connectivity index (χ3v) is 3.26. The standard InChI is InChI=1S/C14H21NO2/c1-11-10-17-12(2)8-15(11)9-13-5-4-6-14(7-13)16-3/h4-7,11-12H,8-10H2,1-3H3/t11-,12+/m1/s1. The molecule has 0 unspecified atom stereocenters. The average molecular weight is 235 g/mol. The molecule has 1 fully saturated rings. The van der Waals surface area contributed by atoms with E-state index < -0.39 is 0 Å². The summed E-state index contributed by atoms with van der Waals surface area (Å²) in [7, 11) is 1.71. The van der Waals surface area contributed by atoms with Crippen LogP contribution in [0.5, 0.6) is 5.75 Å². The molecule has 0 aliphatic carbocycles. The summed E-state index contributed by atoms with van der Waals surface area (Å²) in [6.07, 6.45) is 0.330. The van der Waals surface area contributed by atoms with Gasteiger partial charge in [0.05, 0.1) is 19.8 Å². The predicted molar refractivity (Wildman–Crippen MR) is 68.3 cm³/mol. The van der Waals surface area contributed by atoms with Gasteiger partial charge in [0.25, 0.3) is 0 Å². The van der Waals surface area contributed by atoms with Gasteiger partial charge in [-0.25, -0.2) is 0 Å². The van der Waals surface area contributed by atoms with Crippen molar-refractivity contribution < 1.29 is 9.47 Å². The lowest BCUT2D eigenvalue weighted by Crippen LogP contribution is -2.46. The zero-order valence-corrected chi connectivity index (χ0v) is 10.8. The molecular formula is C14H21NO2. The van der Waals surface area contributed by atoms with Crippen LogP contribution in [0.1, 0.15) is 19.4 Å². The van der Waals surface area contributed by atoms with E-state index in [9.17, 15) is 0 Å². The van der Waals surface area contributed by atoms with Gasteiger partial charge in [-0.15, -0.1) is 0 Å². The summed E-state index contributed by atoms with van der Waals surface area (Å²) in [4.78, 5) is 2.46. The summed E-state index contributed by atoms with van der Waals surface area (Å²) >= 11 is 0. The van der Waals surface area contributed by atoms with Gasteiger partial charge in [-0.2, -0.15) is 0 Å². The third kappa shape index (κ3) is 3.20. The fraction of sp³-hybridized carbons (Fsp3) is 0.571. The van der Waals surface area contributed by atoms with Gasteiger partial charge in [-0.3, -0.25) is 4.90 Å². The van der Waals surface area contributed by atoms with Crippen LogP contribution < -0.4 is 4.74 Å². The first kappa shape index (κ1) is 12.4. The molecule has 1 aromatic carbocycles. The van der Waals surface area contributed by atoms with E-state index in [1.54, 1.807) is 7.11 Å². The largest absolute Gasteiger partial charge is 0.497 e. The zero-order valence-electron chi connectivity index (χ0n) is 10.8. The summed E-state index contributed by atoms with van der Waals surface area (Å²) < 4.78 is 10.9. The van der Waals surface area contributed by atoms with E-state index in [0.717, 1.165) is 25.4 Å². The van der Waals surface area contributed by atoms with Crippen molar-refractivity contribution in [2.75, 3.05) is 20.3 Å². The molecule has 2 atom stereocenters. The molecule has 0 amide bonds. The van der Waals surface area contributed by atoms with Crippen LogP contribution >= 0.6 is 0 Å². The van der Waals surface area contributed by atoms with Crippen molar-refractivity contribution in [2.45, 2.75) is 32.5 Å². The number of hydrogen-bond acceptors (Lipinski definition) is 3. The van der Waals surface area contributed by atoms with Gasteiger partial charge >= 0.3 is 0 Å². The van der Waals surface area contributed by atoms with Gasteiger partial charge in [0.15, 0.2) is 0 Å². The molecule has 0 spiro atoms. The minimum absolute atomic E-state index is 0.330. The van der Waals surface area contributed by atoms with E-state index in [-0.39, 0.29) is 0 Å². The average Bonchev–Trinajstić information content (AvgIpc) is 2.34. The third-order valence-electron chi connectivity index (χ3n) is 3.26. The van der Waals surface area contributed by atoms with Crippen LogP contribution in [0.2, 0.25) is 0 Å². The molecule has 1 saturated heterocycles. The first-order valence-electron chi connectivity index (χ1n) is 6.17. The van der Waals surface area contributed by atoms with Gasteiger partial charge in [0.1, 0.15) is 5.75 Å². The first-order valence-corrected chi connectivity index (χ1v) is 6.17. The maximum absolute atomic E-state index is 5.64. The summed E-state index contributed by atoms with van der Waals surface area (Å²) in [5.41, 5.74) is 1.30. The molecule has 1 aliphatic heterocycles. The van der Waals surface area contributed by atoms with Crippen molar-refractivity contribution in [2.24, 2.45) is 0 Å². The Labute approximate surface area is 103 Å². The second-order valence-electron chi connectivity index (χ2n) is 4.77. The van der Waals surface area contributed by atoms with Crippen molar-refractivity contribution >= 4 is 0 Å². The van der Waals surface area contributed by atoms with Crippen LogP contribution in [0.25, 0.3) is 0 Å². The zero-order chi connectivity index (χ0) is 12.3. The molecule has 3 heteroatoms. The molecule has 2 rings (SSSR count). The lowest BCUT2D eigenvalue weighted by atomic mass is 10.1. The fourth-order valence-electron chi connectivity index (χ4n) is 2.20. The van der Waals surface area contributed by atoms with E-state index in [0.29, 0.717) is 12.1 Å². The number of rotatable bonds is 3. The molecule has 0 aromatic heterocycles. The topological polar surface area (TPSA) is 21.7 Å². The minimum Gasteiger partial charge on any atom is -0.497 e. The van der Waals surface area contributed by atoms with Crippen molar-refractivity contribution in [3.8, 4) is 5.75 Å². The highest BCUT2D eigenvalue weighted by Gasteiger charge is 2.23. The predicted octanol–water partition coefficient (Wildman–Crippen LogP) is 2.30. The number of morpholine rings is 1. The van der Waals surface area contributed by atoms with E-state index in [4.69, 9.17) is 9.47 Å². The van der Waals surface area contributed by atoms with Gasteiger partial charge in [-0.1, -0.05) is 12.1 Å². The Bertz CT molecular complexity index is 367. The summed E-state index contributed by atoms with van der Waals surface area (Å²) in [6.45, 7) is 7.13. The maximum atomic E-state index is 5.64. The molecule has 17 heavy (non-hydrogen) atoms. The Hall–Kier alpha value is -1.06. The van der Waals surface area contributed by atoms with Crippen LogP contribution in [0.3, 0.4) is 0 Å². The molecule has 3 nitrogen and oxygen atoms in total. The molecule has 1 aromatic rings. The monoisotopic (exact) mass is 235 g/mol. The number of nitrogens with zero attached hydrogens (tertiary/aromatic N) is 1. The lowest BCUT2D eigenvalue weighted by molar-refractivity contribution is -0.0526. The Kier molecular flexibility index (Phi) is 4.02. The molecular weight excluding hydrogens is 214 g/mol. The molecule has 94 valence electrons. The number of methoxy groups -OCH3 is 1. The van der Waals surface area contributed by atoms with Crippen LogP contribution in [-0.4, -0.2) is 37.3 Å². The highest BCUT2D eigenvalue weighted by Crippen LogP contribution is 2.18. The smallest absolute Gasteiger partial charge is 0.119 e. The minimum atomic E-state index is 0.330. The molecule has 0 saturated carbocycles. The van der Waals surface area contributed by atoms with Crippen molar-refractivity contribution in [3.63, 3.8) is 0 Å². The van der Waals surface area contributed by atoms with Gasteiger partial charge in [0.2, 0.25) is 0 Å². The maximum Gasteiger partial charge on any atom is 0.119 e. The molecule has 0 bridgehead atoms. The van der Waals surface area contributed by atoms with E-state index in [2.05, 4.69) is 30.9 Å². The summed E-state index contributed by atoms with van der Waals surface area (Å²) in [5.74, 6) is 0.927. The van der Waals surface area contributed by atoms with Crippen molar-refractivity contribution in [1.29, 1.82) is 0 Å². The van der Waals surface area contributed by atoms with Gasteiger partial charge < -0.3 is 9.47 Å². The Balaban J connectivity index is 2.03. The summed E-state index contributed by atoms with van der Waals surface area (Å²) in [6, 6.07) is 8.76. The van der Waals surface area contributed by atoms with Gasteiger partial charge in [0, 0.05) is 19.1 Å². The fourth-order valence-corrected chi connectivity index (χ4v) is 2.20. The summed E-state index contributed by atoms with van der Waals surface area (Å²) in [5, 5.41) is 0.